The summed E-state index contributed by atoms with van der Waals surface area (Å²) in [5, 5.41) is 2.62. The van der Waals surface area contributed by atoms with Crippen molar-refractivity contribution in [2.45, 2.75) is 37.4 Å². The average molecular weight is 241 g/mol. The molecular weight excluding hydrogens is 224 g/mol. The zero-order valence-corrected chi connectivity index (χ0v) is 9.62. The van der Waals surface area contributed by atoms with Gasteiger partial charge in [-0.15, -0.1) is 0 Å². The second kappa shape index (κ2) is 4.74. The van der Waals surface area contributed by atoms with Gasteiger partial charge >= 0.3 is 0 Å². The van der Waals surface area contributed by atoms with Crippen LogP contribution < -0.4 is 5.32 Å². The molecule has 0 aromatic heterocycles. The van der Waals surface area contributed by atoms with Crippen LogP contribution in [0.1, 0.15) is 26.2 Å². The molecule has 90 valence electrons. The van der Waals surface area contributed by atoms with E-state index in [1.165, 1.54) is 0 Å². The minimum Gasteiger partial charge on any atom is -0.317 e. The summed E-state index contributed by atoms with van der Waals surface area (Å²) in [6.07, 6.45) is 0.508. The van der Waals surface area contributed by atoms with Gasteiger partial charge in [-0.1, -0.05) is 0 Å². The molecule has 1 rings (SSSR count). The molecular formula is C9H17F2NO2S. The first kappa shape index (κ1) is 12.8. The molecule has 0 aromatic carbocycles. The number of halogens is 2. The van der Waals surface area contributed by atoms with Gasteiger partial charge in [0.25, 0.3) is 0 Å². The molecule has 1 fully saturated rings. The molecule has 0 spiro atoms. The summed E-state index contributed by atoms with van der Waals surface area (Å²) < 4.78 is 48.4. The van der Waals surface area contributed by atoms with E-state index in [0.717, 1.165) is 6.92 Å². The van der Waals surface area contributed by atoms with Crippen LogP contribution in [0.3, 0.4) is 0 Å². The Morgan fingerprint density at radius 1 is 1.33 bits per heavy atom. The second-order valence-corrected chi connectivity index (χ2v) is 6.54. The summed E-state index contributed by atoms with van der Waals surface area (Å²) in [6.45, 7) is 2.07. The quantitative estimate of drug-likeness (QED) is 0.804. The maximum atomic E-state index is 12.5. The molecule has 15 heavy (non-hydrogen) atoms. The van der Waals surface area contributed by atoms with E-state index < -0.39 is 33.2 Å². The Bertz CT molecular complexity index is 292. The van der Waals surface area contributed by atoms with Gasteiger partial charge in [0, 0.05) is 6.42 Å². The van der Waals surface area contributed by atoms with Crippen LogP contribution in [-0.4, -0.2) is 38.4 Å². The molecule has 0 unspecified atom stereocenters. The van der Waals surface area contributed by atoms with E-state index in [2.05, 4.69) is 5.32 Å². The van der Waals surface area contributed by atoms with Crippen molar-refractivity contribution < 1.29 is 17.2 Å². The molecule has 0 amide bonds. The molecule has 0 saturated carbocycles. The Hall–Kier alpha value is -0.230. The molecule has 1 N–H and O–H groups in total. The zero-order valence-electron chi connectivity index (χ0n) is 8.80. The summed E-state index contributed by atoms with van der Waals surface area (Å²) in [5.41, 5.74) is 0. The Labute approximate surface area is 89.2 Å². The van der Waals surface area contributed by atoms with Crippen LogP contribution in [0.25, 0.3) is 0 Å². The number of alkyl halides is 2. The zero-order chi connectivity index (χ0) is 11.5. The van der Waals surface area contributed by atoms with Crippen molar-refractivity contribution in [2.75, 3.05) is 18.8 Å². The molecule has 0 bridgehead atoms. The third kappa shape index (κ3) is 4.42. The van der Waals surface area contributed by atoms with Crippen molar-refractivity contribution in [3.8, 4) is 0 Å². The first-order chi connectivity index (χ1) is 6.81. The van der Waals surface area contributed by atoms with Gasteiger partial charge in [-0.05, 0) is 32.9 Å². The van der Waals surface area contributed by atoms with Gasteiger partial charge in [-0.2, -0.15) is 0 Å². The molecule has 0 radical (unpaired) electrons. The summed E-state index contributed by atoms with van der Waals surface area (Å²) in [4.78, 5) is 0. The van der Waals surface area contributed by atoms with Crippen LogP contribution in [0.5, 0.6) is 0 Å². The van der Waals surface area contributed by atoms with Gasteiger partial charge in [0.2, 0.25) is 5.92 Å². The van der Waals surface area contributed by atoms with Crippen molar-refractivity contribution in [2.24, 2.45) is 0 Å². The number of rotatable bonds is 4. The first-order valence-corrected chi connectivity index (χ1v) is 6.83. The van der Waals surface area contributed by atoms with Crippen molar-refractivity contribution >= 4 is 9.84 Å². The van der Waals surface area contributed by atoms with E-state index in [1.54, 1.807) is 0 Å². The number of sulfone groups is 1. The van der Waals surface area contributed by atoms with E-state index in [-0.39, 0.29) is 0 Å². The maximum absolute atomic E-state index is 12.5. The van der Waals surface area contributed by atoms with Gasteiger partial charge in [0.1, 0.15) is 0 Å². The van der Waals surface area contributed by atoms with Gasteiger partial charge in [0.05, 0.1) is 11.0 Å². The van der Waals surface area contributed by atoms with Crippen LogP contribution in [0.4, 0.5) is 8.78 Å². The van der Waals surface area contributed by atoms with Crippen molar-refractivity contribution in [1.29, 1.82) is 0 Å². The molecule has 1 aliphatic heterocycles. The minimum atomic E-state index is -3.34. The van der Waals surface area contributed by atoms with Crippen molar-refractivity contribution in [1.82, 2.24) is 5.32 Å². The summed E-state index contributed by atoms with van der Waals surface area (Å²) in [6, 6.07) is 0. The molecule has 1 aliphatic rings. The number of hydrogen-bond acceptors (Lipinski definition) is 3. The van der Waals surface area contributed by atoms with Gasteiger partial charge in [-0.3, -0.25) is 0 Å². The second-order valence-electron chi connectivity index (χ2n) is 4.14. The highest BCUT2D eigenvalue weighted by atomic mass is 32.2. The summed E-state index contributed by atoms with van der Waals surface area (Å²) in [7, 11) is -3.34. The monoisotopic (exact) mass is 241 g/mol. The van der Waals surface area contributed by atoms with E-state index in [4.69, 9.17) is 0 Å². The lowest BCUT2D eigenvalue weighted by Crippen LogP contribution is -2.37. The van der Waals surface area contributed by atoms with Crippen LogP contribution >= 0.6 is 0 Å². The highest BCUT2D eigenvalue weighted by Crippen LogP contribution is 2.21. The van der Waals surface area contributed by atoms with Gasteiger partial charge in [0.15, 0.2) is 9.84 Å². The van der Waals surface area contributed by atoms with Crippen LogP contribution in [0, 0.1) is 0 Å². The van der Waals surface area contributed by atoms with Crippen LogP contribution in [0.2, 0.25) is 0 Å². The Morgan fingerprint density at radius 2 is 1.87 bits per heavy atom. The number of nitrogens with one attached hydrogen (secondary N) is 1. The smallest absolute Gasteiger partial charge is 0.246 e. The fraction of sp³-hybridized carbons (Fsp3) is 1.00. The van der Waals surface area contributed by atoms with E-state index >= 15 is 0 Å². The molecule has 6 heteroatoms. The lowest BCUT2D eigenvalue weighted by atomic mass is 10.2. The fourth-order valence-electron chi connectivity index (χ4n) is 1.64. The number of hydrogen-bond donors (Lipinski definition) is 1. The summed E-state index contributed by atoms with van der Waals surface area (Å²) in [5.74, 6) is -3.29. The lowest BCUT2D eigenvalue weighted by Gasteiger charge is -2.23. The lowest BCUT2D eigenvalue weighted by molar-refractivity contribution is 0.0189. The van der Waals surface area contributed by atoms with Crippen molar-refractivity contribution in [3.63, 3.8) is 0 Å². The van der Waals surface area contributed by atoms with Crippen LogP contribution in [-0.2, 0) is 9.84 Å². The largest absolute Gasteiger partial charge is 0.317 e. The third-order valence-electron chi connectivity index (χ3n) is 2.62. The molecule has 0 atom stereocenters. The molecule has 1 heterocycles. The van der Waals surface area contributed by atoms with E-state index in [0.29, 0.717) is 25.9 Å². The molecule has 0 aromatic rings. The van der Waals surface area contributed by atoms with Crippen LogP contribution in [0.15, 0.2) is 0 Å². The SMILES string of the molecule is CC(F)(F)CCS(=O)(=O)C1CCNCC1. The van der Waals surface area contributed by atoms with Crippen molar-refractivity contribution in [3.05, 3.63) is 0 Å². The number of piperidine rings is 1. The maximum Gasteiger partial charge on any atom is 0.246 e. The van der Waals surface area contributed by atoms with E-state index in [9.17, 15) is 17.2 Å². The van der Waals surface area contributed by atoms with Gasteiger partial charge < -0.3 is 5.32 Å². The third-order valence-corrected chi connectivity index (χ3v) is 4.88. The molecule has 3 nitrogen and oxygen atoms in total. The summed E-state index contributed by atoms with van der Waals surface area (Å²) >= 11 is 0. The normalized spacial score (nSPS) is 20.5. The highest BCUT2D eigenvalue weighted by Gasteiger charge is 2.31. The molecule has 0 aliphatic carbocycles. The predicted molar refractivity (Wildman–Crippen MR) is 54.9 cm³/mol. The Morgan fingerprint density at radius 3 is 2.33 bits per heavy atom. The highest BCUT2D eigenvalue weighted by molar-refractivity contribution is 7.92. The fourth-order valence-corrected chi connectivity index (χ4v) is 3.57. The Kier molecular flexibility index (Phi) is 4.06. The Balaban J connectivity index is 2.51. The van der Waals surface area contributed by atoms with E-state index in [1.807, 2.05) is 0 Å². The predicted octanol–water partition coefficient (Wildman–Crippen LogP) is 1.20. The minimum absolute atomic E-state index is 0.402. The first-order valence-electron chi connectivity index (χ1n) is 5.11. The van der Waals surface area contributed by atoms with Gasteiger partial charge in [-0.25, -0.2) is 17.2 Å². The topological polar surface area (TPSA) is 46.2 Å². The average Bonchev–Trinajstić information content (AvgIpc) is 2.16. The molecule has 1 saturated heterocycles. The standard InChI is InChI=1S/C9H17F2NO2S/c1-9(10,11)4-7-15(13,14)8-2-5-12-6-3-8/h8,12H,2-7H2,1H3.